The molecule has 0 aromatic carbocycles. The molecule has 0 spiro atoms. The number of methoxy groups -OCH3 is 1. The molecule has 3 aliphatic heterocycles. The van der Waals surface area contributed by atoms with Crippen molar-refractivity contribution >= 4 is 17.7 Å². The Kier molecular flexibility index (Phi) is 19.9. The summed E-state index contributed by atoms with van der Waals surface area (Å²) in [6.07, 6.45) is -4.10. The lowest BCUT2D eigenvalue weighted by molar-refractivity contribution is -0.318. The van der Waals surface area contributed by atoms with Crippen molar-refractivity contribution in [3.05, 3.63) is 23.8 Å². The molecule has 80 heavy (non-hydrogen) atoms. The SMILES string of the molecule is CC[C@H]1OC(=O)[C@H](C)[C@@H](O[C@@H]2C[C@](C)(OC)[C@H](O)C(C)O2)[C@H](C)[C@@H](O[C@@H]2O[C@H](C)C[C@@H](N(C)C)[C@H]2O)[C@](C)(O)C[C@@H](C)CN(CCCNC(=O)[C@H]2[C@H](C)CC3C4CCC5=CC(=O)C=C[C@]5(C)[C@@]4(F)[C@@H](O)C[C@@]32C)[C@H](C)[C@@H](O)[C@]1(C)O. The van der Waals surface area contributed by atoms with Crippen molar-refractivity contribution in [3.63, 3.8) is 0 Å². The number of cyclic esters (lactones) is 1. The molecule has 0 aromatic rings. The highest BCUT2D eigenvalue weighted by atomic mass is 19.1. The maximum absolute atomic E-state index is 17.9. The molecule has 3 heterocycles. The zero-order chi connectivity index (χ0) is 59.6. The number of ether oxygens (including phenoxy) is 6. The molecule has 458 valence electrons. The molecule has 0 radical (unpaired) electrons. The second-order valence-corrected chi connectivity index (χ2v) is 27.4. The fourth-order valence-electron chi connectivity index (χ4n) is 16.6. The van der Waals surface area contributed by atoms with Gasteiger partial charge in [0.2, 0.25) is 5.91 Å². The summed E-state index contributed by atoms with van der Waals surface area (Å²) in [7, 11) is 5.23. The first-order valence-corrected chi connectivity index (χ1v) is 30.0. The summed E-state index contributed by atoms with van der Waals surface area (Å²) < 4.78 is 56.2. The Labute approximate surface area is 475 Å². The number of nitrogens with zero attached hydrogens (tertiary/aromatic N) is 2. The van der Waals surface area contributed by atoms with Crippen LogP contribution in [0.1, 0.15) is 148 Å². The van der Waals surface area contributed by atoms with Crippen LogP contribution in [0, 0.1) is 52.3 Å². The van der Waals surface area contributed by atoms with E-state index in [1.807, 2.05) is 51.6 Å². The van der Waals surface area contributed by atoms with E-state index in [1.165, 1.54) is 26.2 Å². The Bertz CT molecular complexity index is 2250. The van der Waals surface area contributed by atoms with Crippen LogP contribution in [0.3, 0.4) is 0 Å². The molecule has 7 aliphatic rings. The Hall–Kier alpha value is -2.50. The fraction of sp³-hybridized carbons (Fsp3) is 0.885. The van der Waals surface area contributed by atoms with Crippen LogP contribution in [0.15, 0.2) is 23.8 Å². The van der Waals surface area contributed by atoms with E-state index < -0.39 is 130 Å². The Balaban J connectivity index is 1.15. The van der Waals surface area contributed by atoms with Gasteiger partial charge in [-0.1, -0.05) is 46.3 Å². The highest BCUT2D eigenvalue weighted by molar-refractivity contribution is 6.01. The number of likely N-dealkylation sites (N-methyl/N-ethyl adjacent to an activating group) is 1. The predicted molar refractivity (Wildman–Crippen MR) is 297 cm³/mol. The normalized spacial score (nSPS) is 49.9. The van der Waals surface area contributed by atoms with Gasteiger partial charge < -0.3 is 69.3 Å². The maximum Gasteiger partial charge on any atom is 0.311 e. The second-order valence-electron chi connectivity index (χ2n) is 27.4. The Morgan fingerprint density at radius 2 is 1.59 bits per heavy atom. The van der Waals surface area contributed by atoms with Gasteiger partial charge in [-0.15, -0.1) is 0 Å². The molecule has 6 fully saturated rings. The number of fused-ring (bicyclic) bond motifs is 5. The monoisotopic (exact) mass is 1140 g/mol. The molecule has 26 atom stereocenters. The number of nitrogens with one attached hydrogen (secondary N) is 1. The van der Waals surface area contributed by atoms with Gasteiger partial charge in [-0.25, -0.2) is 4.39 Å². The lowest BCUT2D eigenvalue weighted by atomic mass is 9.45. The number of esters is 1. The smallest absolute Gasteiger partial charge is 0.311 e. The van der Waals surface area contributed by atoms with Gasteiger partial charge in [-0.3, -0.25) is 19.3 Å². The first-order chi connectivity index (χ1) is 37.1. The molecule has 18 nitrogen and oxygen atoms in total. The average Bonchev–Trinajstić information content (AvgIpc) is 3.64. The molecule has 1 amide bonds. The van der Waals surface area contributed by atoms with Gasteiger partial charge in [-0.2, -0.15) is 0 Å². The predicted octanol–water partition coefficient (Wildman–Crippen LogP) is 5.01. The van der Waals surface area contributed by atoms with Gasteiger partial charge in [0.05, 0.1) is 47.6 Å². The molecule has 3 saturated heterocycles. The van der Waals surface area contributed by atoms with Crippen molar-refractivity contribution < 1.29 is 77.8 Å². The minimum Gasteiger partial charge on any atom is -0.459 e. The Morgan fingerprint density at radius 1 is 0.912 bits per heavy atom. The molecule has 3 saturated carbocycles. The van der Waals surface area contributed by atoms with Crippen LogP contribution in [0.5, 0.6) is 0 Å². The lowest BCUT2D eigenvalue weighted by Gasteiger charge is -2.61. The van der Waals surface area contributed by atoms with E-state index in [0.29, 0.717) is 50.8 Å². The van der Waals surface area contributed by atoms with Crippen molar-refractivity contribution in [2.45, 2.75) is 250 Å². The minimum atomic E-state index is -2.00. The summed E-state index contributed by atoms with van der Waals surface area (Å²) in [4.78, 5) is 45.6. The van der Waals surface area contributed by atoms with Crippen LogP contribution in [-0.4, -0.2) is 201 Å². The molecule has 19 heteroatoms. The quantitative estimate of drug-likeness (QED) is 0.100. The third-order valence-electron chi connectivity index (χ3n) is 21.2. The van der Waals surface area contributed by atoms with Crippen LogP contribution in [0.4, 0.5) is 4.39 Å². The Morgan fingerprint density at radius 3 is 2.23 bits per heavy atom. The highest BCUT2D eigenvalue weighted by Gasteiger charge is 2.72. The summed E-state index contributed by atoms with van der Waals surface area (Å²) in [5.41, 5.74) is -7.87. The average molecular weight is 1140 g/mol. The van der Waals surface area contributed by atoms with E-state index in [2.05, 4.69) is 5.32 Å². The molecular formula is C61H102FN3O15. The summed E-state index contributed by atoms with van der Waals surface area (Å²) in [5.74, 6) is -4.64. The highest BCUT2D eigenvalue weighted by Crippen LogP contribution is 2.69. The van der Waals surface area contributed by atoms with Crippen LogP contribution in [-0.2, 0) is 42.8 Å². The van der Waals surface area contributed by atoms with Gasteiger partial charge in [0, 0.05) is 68.4 Å². The standard InChI is InChI=1S/C61H102FN3O15/c1-17-45-60(13,74)50(69)37(7)65(24-18-23-63-53(71)47-33(3)25-42-41-20-19-39-27-40(66)21-22-57(39,10)61(41,62)44(67)29-56(42,47)9)31-32(2)28-58(11,73)52(80-55-48(68)43(64(14)15)26-34(4)76-55)35(5)49(36(6)54(72)78-45)79-46-30-59(12,75-16)51(70)38(8)77-46/h21-22,27,32-38,41-52,55,67-70,73-74H,17-20,23-26,28-31H2,1-16H3,(H,63,71)/t32-,33-,34-,35+,36-,37-,38?,41?,42?,43-,44+,45-,46-,47-,48-,49+,50-,51-,52-,55+,56+,57+,58-,59+,60-,61+/m1/s1. The largest absolute Gasteiger partial charge is 0.459 e. The first-order valence-electron chi connectivity index (χ1n) is 30.0. The van der Waals surface area contributed by atoms with Crippen molar-refractivity contribution in [1.82, 2.24) is 15.1 Å². The van der Waals surface area contributed by atoms with Gasteiger partial charge in [0.1, 0.15) is 30.0 Å². The third-order valence-corrected chi connectivity index (χ3v) is 21.2. The number of alkyl halides is 1. The summed E-state index contributed by atoms with van der Waals surface area (Å²) in [6.45, 7) is 24.1. The van der Waals surface area contributed by atoms with E-state index in [9.17, 15) is 45.0 Å². The molecule has 0 bridgehead atoms. The van der Waals surface area contributed by atoms with Gasteiger partial charge in [0.15, 0.2) is 24.0 Å². The molecule has 7 N–H and O–H groups in total. The first kappa shape index (κ1) is 65.1. The second kappa shape index (κ2) is 24.5. The van der Waals surface area contributed by atoms with Gasteiger partial charge in [0.25, 0.3) is 0 Å². The number of rotatable bonds is 12. The number of hydrogen-bond acceptors (Lipinski definition) is 17. The van der Waals surface area contributed by atoms with Crippen molar-refractivity contribution in [3.8, 4) is 0 Å². The minimum absolute atomic E-state index is 0.0779. The van der Waals surface area contributed by atoms with E-state index in [1.54, 1.807) is 61.5 Å². The molecule has 4 aliphatic carbocycles. The van der Waals surface area contributed by atoms with E-state index >= 15 is 4.39 Å². The number of aliphatic hydroxyl groups is 6. The number of allylic oxidation sites excluding steroid dienone is 4. The number of carbonyl (C=O) groups is 3. The van der Waals surface area contributed by atoms with Gasteiger partial charge in [-0.05, 0) is 156 Å². The van der Waals surface area contributed by atoms with Crippen molar-refractivity contribution in [2.75, 3.05) is 40.8 Å². The van der Waals surface area contributed by atoms with E-state index in [0.717, 1.165) is 0 Å². The number of amides is 1. The molecule has 3 unspecified atom stereocenters. The topological polar surface area (TPSA) is 246 Å². The molecular weight excluding hydrogens is 1030 g/mol. The molecule has 7 rings (SSSR count). The number of hydrogen-bond donors (Lipinski definition) is 7. The summed E-state index contributed by atoms with van der Waals surface area (Å²) in [5, 5.41) is 75.9. The van der Waals surface area contributed by atoms with Crippen LogP contribution < -0.4 is 5.32 Å². The van der Waals surface area contributed by atoms with Crippen molar-refractivity contribution in [2.24, 2.45) is 52.3 Å². The zero-order valence-electron chi connectivity index (χ0n) is 50.9. The summed E-state index contributed by atoms with van der Waals surface area (Å²) >= 11 is 0. The van der Waals surface area contributed by atoms with Gasteiger partial charge >= 0.3 is 5.97 Å². The van der Waals surface area contributed by atoms with Crippen LogP contribution >= 0.6 is 0 Å². The van der Waals surface area contributed by atoms with E-state index in [4.69, 9.17) is 28.4 Å². The lowest BCUT2D eigenvalue weighted by Crippen LogP contribution is -2.67. The number of halogens is 1. The number of aliphatic hydroxyl groups excluding tert-OH is 4. The van der Waals surface area contributed by atoms with Crippen LogP contribution in [0.2, 0.25) is 0 Å². The fourth-order valence-corrected chi connectivity index (χ4v) is 16.6. The van der Waals surface area contributed by atoms with E-state index in [-0.39, 0.29) is 73.8 Å². The van der Waals surface area contributed by atoms with Crippen molar-refractivity contribution in [1.29, 1.82) is 0 Å². The maximum atomic E-state index is 17.9. The summed E-state index contributed by atoms with van der Waals surface area (Å²) in [6, 6.07) is -1.10. The number of ketones is 1. The van der Waals surface area contributed by atoms with Crippen LogP contribution in [0.25, 0.3) is 0 Å². The number of carbonyl (C=O) groups excluding carboxylic acids is 3. The molecule has 0 aromatic heterocycles. The zero-order valence-corrected chi connectivity index (χ0v) is 50.9. The third kappa shape index (κ3) is 12.0.